The van der Waals surface area contributed by atoms with Crippen molar-refractivity contribution in [1.82, 2.24) is 0 Å². The SMILES string of the molecule is CCCC1(C)COC(/C=C\c2ccccc2)OC1. The predicted molar refractivity (Wildman–Crippen MR) is 74.2 cm³/mol. The summed E-state index contributed by atoms with van der Waals surface area (Å²) in [4.78, 5) is 0. The van der Waals surface area contributed by atoms with Crippen LogP contribution in [0.1, 0.15) is 32.3 Å². The molecule has 1 aromatic rings. The maximum Gasteiger partial charge on any atom is 0.177 e. The second-order valence-electron chi connectivity index (χ2n) is 5.32. The molecule has 0 spiro atoms. The highest BCUT2D eigenvalue weighted by molar-refractivity contribution is 5.48. The molecular formula is C16H22O2. The van der Waals surface area contributed by atoms with Crippen LogP contribution < -0.4 is 0 Å². The van der Waals surface area contributed by atoms with Gasteiger partial charge in [0.15, 0.2) is 6.29 Å². The van der Waals surface area contributed by atoms with Crippen LogP contribution in [0.5, 0.6) is 0 Å². The van der Waals surface area contributed by atoms with E-state index in [1.165, 1.54) is 12.0 Å². The van der Waals surface area contributed by atoms with Crippen molar-refractivity contribution in [3.05, 3.63) is 42.0 Å². The van der Waals surface area contributed by atoms with Gasteiger partial charge in [0, 0.05) is 5.41 Å². The zero-order valence-electron chi connectivity index (χ0n) is 11.3. The molecule has 0 saturated carbocycles. The van der Waals surface area contributed by atoms with Crippen molar-refractivity contribution >= 4 is 6.08 Å². The van der Waals surface area contributed by atoms with E-state index >= 15 is 0 Å². The molecule has 0 bridgehead atoms. The third-order valence-electron chi connectivity index (χ3n) is 3.29. The van der Waals surface area contributed by atoms with Crippen LogP contribution in [0.15, 0.2) is 36.4 Å². The van der Waals surface area contributed by atoms with Gasteiger partial charge in [-0.25, -0.2) is 0 Å². The molecule has 98 valence electrons. The van der Waals surface area contributed by atoms with Crippen LogP contribution in [0, 0.1) is 5.41 Å². The Labute approximate surface area is 110 Å². The van der Waals surface area contributed by atoms with Gasteiger partial charge in [-0.2, -0.15) is 0 Å². The van der Waals surface area contributed by atoms with Gasteiger partial charge in [-0.05, 0) is 18.1 Å². The van der Waals surface area contributed by atoms with Crippen LogP contribution in [0.2, 0.25) is 0 Å². The quantitative estimate of drug-likeness (QED) is 0.802. The van der Waals surface area contributed by atoms with Crippen molar-refractivity contribution in [3.8, 4) is 0 Å². The van der Waals surface area contributed by atoms with Crippen LogP contribution in [0.3, 0.4) is 0 Å². The second-order valence-corrected chi connectivity index (χ2v) is 5.32. The van der Waals surface area contributed by atoms with Crippen LogP contribution in [-0.4, -0.2) is 19.5 Å². The monoisotopic (exact) mass is 246 g/mol. The molecule has 1 fully saturated rings. The first-order valence-corrected chi connectivity index (χ1v) is 6.68. The van der Waals surface area contributed by atoms with Crippen molar-refractivity contribution in [1.29, 1.82) is 0 Å². The molecular weight excluding hydrogens is 224 g/mol. The Morgan fingerprint density at radius 1 is 1.22 bits per heavy atom. The highest BCUT2D eigenvalue weighted by atomic mass is 16.7. The van der Waals surface area contributed by atoms with Crippen molar-refractivity contribution in [2.75, 3.05) is 13.2 Å². The molecule has 2 rings (SSSR count). The van der Waals surface area contributed by atoms with E-state index in [9.17, 15) is 0 Å². The smallest absolute Gasteiger partial charge is 0.177 e. The number of ether oxygens (including phenoxy) is 2. The molecule has 0 radical (unpaired) electrons. The molecule has 1 aromatic carbocycles. The van der Waals surface area contributed by atoms with Gasteiger partial charge in [0.05, 0.1) is 13.2 Å². The van der Waals surface area contributed by atoms with Crippen molar-refractivity contribution in [2.45, 2.75) is 33.0 Å². The van der Waals surface area contributed by atoms with Gasteiger partial charge in [-0.15, -0.1) is 0 Å². The lowest BCUT2D eigenvalue weighted by Crippen LogP contribution is -2.38. The molecule has 0 unspecified atom stereocenters. The first-order chi connectivity index (χ1) is 8.72. The Bertz CT molecular complexity index is 375. The van der Waals surface area contributed by atoms with Crippen molar-refractivity contribution < 1.29 is 9.47 Å². The van der Waals surface area contributed by atoms with E-state index in [0.29, 0.717) is 0 Å². The first kappa shape index (κ1) is 13.3. The molecule has 2 heteroatoms. The fourth-order valence-corrected chi connectivity index (χ4v) is 2.27. The van der Waals surface area contributed by atoms with Gasteiger partial charge >= 0.3 is 0 Å². The van der Waals surface area contributed by atoms with Gasteiger partial charge in [0.1, 0.15) is 0 Å². The first-order valence-electron chi connectivity index (χ1n) is 6.68. The lowest BCUT2D eigenvalue weighted by molar-refractivity contribution is -0.203. The number of rotatable bonds is 4. The Hall–Kier alpha value is -1.12. The number of hydrogen-bond donors (Lipinski definition) is 0. The van der Waals surface area contributed by atoms with Gasteiger partial charge in [0.2, 0.25) is 0 Å². The Morgan fingerprint density at radius 3 is 2.50 bits per heavy atom. The van der Waals surface area contributed by atoms with Crippen molar-refractivity contribution in [2.24, 2.45) is 5.41 Å². The van der Waals surface area contributed by atoms with Crippen LogP contribution in [0.25, 0.3) is 6.08 Å². The van der Waals surface area contributed by atoms with Gasteiger partial charge < -0.3 is 9.47 Å². The van der Waals surface area contributed by atoms with E-state index < -0.39 is 0 Å². The maximum absolute atomic E-state index is 5.76. The van der Waals surface area contributed by atoms with Gasteiger partial charge in [-0.1, -0.05) is 56.7 Å². The topological polar surface area (TPSA) is 18.5 Å². The predicted octanol–water partition coefficient (Wildman–Crippen LogP) is 3.88. The average Bonchev–Trinajstić information content (AvgIpc) is 2.40. The minimum Gasteiger partial charge on any atom is -0.348 e. The van der Waals surface area contributed by atoms with Gasteiger partial charge in [0.25, 0.3) is 0 Å². The second kappa shape index (κ2) is 6.17. The Kier molecular flexibility index (Phi) is 4.56. The molecule has 18 heavy (non-hydrogen) atoms. The lowest BCUT2D eigenvalue weighted by Gasteiger charge is -2.36. The summed E-state index contributed by atoms with van der Waals surface area (Å²) in [5.41, 5.74) is 1.36. The fourth-order valence-electron chi connectivity index (χ4n) is 2.27. The summed E-state index contributed by atoms with van der Waals surface area (Å²) in [5.74, 6) is 0. The molecule has 0 N–H and O–H groups in total. The molecule has 1 heterocycles. The minimum absolute atomic E-state index is 0.186. The van der Waals surface area contributed by atoms with Crippen LogP contribution in [-0.2, 0) is 9.47 Å². The zero-order chi connectivity index (χ0) is 12.8. The Balaban J connectivity index is 1.85. The third kappa shape index (κ3) is 3.69. The van der Waals surface area contributed by atoms with Crippen LogP contribution >= 0.6 is 0 Å². The minimum atomic E-state index is -0.199. The van der Waals surface area contributed by atoms with E-state index in [4.69, 9.17) is 9.47 Å². The third-order valence-corrected chi connectivity index (χ3v) is 3.29. The fraction of sp³-hybridized carbons (Fsp3) is 0.500. The summed E-state index contributed by atoms with van der Waals surface area (Å²) >= 11 is 0. The van der Waals surface area contributed by atoms with E-state index in [1.807, 2.05) is 30.4 Å². The summed E-state index contributed by atoms with van der Waals surface area (Å²) in [7, 11) is 0. The summed E-state index contributed by atoms with van der Waals surface area (Å²) in [5, 5.41) is 0. The molecule has 0 aromatic heterocycles. The summed E-state index contributed by atoms with van der Waals surface area (Å²) in [6.07, 6.45) is 6.17. The highest BCUT2D eigenvalue weighted by Gasteiger charge is 2.30. The Morgan fingerprint density at radius 2 is 1.89 bits per heavy atom. The summed E-state index contributed by atoms with van der Waals surface area (Å²) in [6, 6.07) is 10.2. The molecule has 0 amide bonds. The molecule has 2 nitrogen and oxygen atoms in total. The largest absolute Gasteiger partial charge is 0.348 e. The molecule has 1 aliphatic heterocycles. The normalized spacial score (nSPS) is 28.7. The highest BCUT2D eigenvalue weighted by Crippen LogP contribution is 2.29. The number of benzene rings is 1. The van der Waals surface area contributed by atoms with Gasteiger partial charge in [-0.3, -0.25) is 0 Å². The van der Waals surface area contributed by atoms with E-state index in [1.54, 1.807) is 0 Å². The van der Waals surface area contributed by atoms with Crippen LogP contribution in [0.4, 0.5) is 0 Å². The van der Waals surface area contributed by atoms with E-state index in [2.05, 4.69) is 26.0 Å². The lowest BCUT2D eigenvalue weighted by atomic mass is 9.87. The molecule has 1 aliphatic rings. The molecule has 0 atom stereocenters. The van der Waals surface area contributed by atoms with E-state index in [0.717, 1.165) is 19.6 Å². The average molecular weight is 246 g/mol. The van der Waals surface area contributed by atoms with Crippen molar-refractivity contribution in [3.63, 3.8) is 0 Å². The molecule has 0 aliphatic carbocycles. The number of hydrogen-bond acceptors (Lipinski definition) is 2. The van der Waals surface area contributed by atoms with E-state index in [-0.39, 0.29) is 11.7 Å². The molecule has 1 saturated heterocycles. The standard InChI is InChI=1S/C16H22O2/c1-3-11-16(2)12-17-15(18-13-16)10-9-14-7-5-4-6-8-14/h4-10,15H,3,11-13H2,1-2H3/b10-9-. The summed E-state index contributed by atoms with van der Waals surface area (Å²) < 4.78 is 11.5. The maximum atomic E-state index is 5.76. The zero-order valence-corrected chi connectivity index (χ0v) is 11.3. The summed E-state index contributed by atoms with van der Waals surface area (Å²) in [6.45, 7) is 6.00.